The molecule has 1 N–H and O–H groups in total. The molecular weight excluding hydrogens is 666 g/mol. The Balaban J connectivity index is 1.52. The number of carboxylic acids is 1. The third-order valence-corrected chi connectivity index (χ3v) is 11.0. The minimum absolute atomic E-state index is 0.0347. The largest absolute Gasteiger partial charge is 0.497 e. The van der Waals surface area contributed by atoms with Gasteiger partial charge in [-0.15, -0.1) is 0 Å². The fraction of sp³-hybridized carbons (Fsp3) is 0.143. The molecule has 5 aromatic carbocycles. The number of amides is 2. The number of imide groups is 1. The van der Waals surface area contributed by atoms with E-state index in [1.165, 1.54) is 18.2 Å². The molecule has 252 valence electrons. The van der Waals surface area contributed by atoms with Crippen molar-refractivity contribution in [2.24, 2.45) is 11.8 Å². The zero-order valence-corrected chi connectivity index (χ0v) is 28.3. The molecule has 1 saturated heterocycles. The molecule has 0 radical (unpaired) electrons. The summed E-state index contributed by atoms with van der Waals surface area (Å²) in [6.07, 6.45) is 0. The molecule has 8 rings (SSSR count). The highest BCUT2D eigenvalue weighted by Gasteiger charge is 2.82. The van der Waals surface area contributed by atoms with Crippen LogP contribution in [-0.2, 0) is 25.2 Å². The van der Waals surface area contributed by atoms with E-state index < -0.39 is 40.4 Å². The summed E-state index contributed by atoms with van der Waals surface area (Å²) >= 11 is 6.22. The van der Waals surface area contributed by atoms with Gasteiger partial charge in [-0.3, -0.25) is 14.4 Å². The Labute approximate surface area is 298 Å². The number of carbonyl (C=O) groups excluding carboxylic acids is 3. The topological polar surface area (TPSA) is 110 Å². The number of rotatable bonds is 8. The number of hydrogen-bond donors (Lipinski definition) is 1. The van der Waals surface area contributed by atoms with E-state index >= 15 is 14.4 Å². The summed E-state index contributed by atoms with van der Waals surface area (Å²) in [4.78, 5) is 59.6. The Morgan fingerprint density at radius 2 is 1.08 bits per heavy atom. The third kappa shape index (κ3) is 4.26. The number of ketones is 1. The van der Waals surface area contributed by atoms with E-state index in [-0.39, 0.29) is 22.1 Å². The number of allylic oxidation sites excluding steroid dienone is 2. The van der Waals surface area contributed by atoms with Gasteiger partial charge in [0.25, 0.3) is 0 Å². The van der Waals surface area contributed by atoms with Crippen LogP contribution in [0.15, 0.2) is 127 Å². The van der Waals surface area contributed by atoms with Crippen LogP contribution < -0.4 is 14.4 Å². The number of hydrogen-bond acceptors (Lipinski definition) is 6. The predicted octanol–water partition coefficient (Wildman–Crippen LogP) is 7.24. The van der Waals surface area contributed by atoms with Crippen molar-refractivity contribution >= 4 is 52.0 Å². The highest BCUT2D eigenvalue weighted by molar-refractivity contribution is 6.39. The van der Waals surface area contributed by atoms with Gasteiger partial charge in [0.2, 0.25) is 11.8 Å². The van der Waals surface area contributed by atoms with Gasteiger partial charge in [-0.2, -0.15) is 0 Å². The number of anilines is 1. The molecule has 4 unspecified atom stereocenters. The molecule has 51 heavy (non-hydrogen) atoms. The van der Waals surface area contributed by atoms with Gasteiger partial charge in [0.05, 0.1) is 53.2 Å². The van der Waals surface area contributed by atoms with Gasteiger partial charge in [-0.1, -0.05) is 96.5 Å². The summed E-state index contributed by atoms with van der Waals surface area (Å²) < 4.78 is 11.0. The van der Waals surface area contributed by atoms with Crippen molar-refractivity contribution in [2.75, 3.05) is 19.1 Å². The van der Waals surface area contributed by atoms with E-state index in [1.807, 2.05) is 109 Å². The normalized spacial score (nSPS) is 23.5. The SMILES string of the molecule is COc1ccc(C2=C(c3ccc(OC)cc3)C3(c4ccccc4)C(=O)C2(c2ccccc2)C2C(=O)N(c4ccc(Cl)c(C(=O)O)c4)C(=O)C23)cc1. The van der Waals surface area contributed by atoms with Crippen LogP contribution >= 0.6 is 11.6 Å². The summed E-state index contributed by atoms with van der Waals surface area (Å²) in [5.41, 5.74) is 0.300. The van der Waals surface area contributed by atoms with Gasteiger partial charge in [-0.05, 0) is 75.9 Å². The molecule has 9 heteroatoms. The Hall–Kier alpha value is -5.99. The van der Waals surface area contributed by atoms with Gasteiger partial charge in [-0.25, -0.2) is 9.69 Å². The summed E-state index contributed by atoms with van der Waals surface area (Å²) in [7, 11) is 3.14. The molecule has 2 amide bonds. The maximum absolute atomic E-state index is 16.1. The molecule has 1 heterocycles. The molecular formula is C42H30ClNO7. The van der Waals surface area contributed by atoms with Crippen LogP contribution in [0.5, 0.6) is 11.5 Å². The van der Waals surface area contributed by atoms with Crippen molar-refractivity contribution in [3.8, 4) is 11.5 Å². The fourth-order valence-corrected chi connectivity index (χ4v) is 8.91. The second-order valence-electron chi connectivity index (χ2n) is 12.8. The molecule has 2 bridgehead atoms. The number of fused-ring (bicyclic) bond motifs is 5. The van der Waals surface area contributed by atoms with Crippen LogP contribution in [0.4, 0.5) is 5.69 Å². The molecule has 8 nitrogen and oxygen atoms in total. The minimum Gasteiger partial charge on any atom is -0.497 e. The van der Waals surface area contributed by atoms with Crippen LogP contribution in [0, 0.1) is 11.8 Å². The first-order valence-electron chi connectivity index (χ1n) is 16.3. The van der Waals surface area contributed by atoms with Gasteiger partial charge >= 0.3 is 5.97 Å². The molecule has 5 aromatic rings. The quantitative estimate of drug-likeness (QED) is 0.170. The highest BCUT2D eigenvalue weighted by atomic mass is 35.5. The van der Waals surface area contributed by atoms with E-state index in [1.54, 1.807) is 14.2 Å². The molecule has 4 atom stereocenters. The Morgan fingerprint density at radius 1 is 0.647 bits per heavy atom. The lowest BCUT2D eigenvalue weighted by atomic mass is 9.59. The lowest BCUT2D eigenvalue weighted by Gasteiger charge is -2.39. The van der Waals surface area contributed by atoms with E-state index in [0.29, 0.717) is 44.9 Å². The summed E-state index contributed by atoms with van der Waals surface area (Å²) in [5, 5.41) is 9.85. The minimum atomic E-state index is -1.63. The first-order chi connectivity index (χ1) is 24.7. The lowest BCUT2D eigenvalue weighted by Crippen LogP contribution is -2.45. The fourth-order valence-electron chi connectivity index (χ4n) is 8.71. The van der Waals surface area contributed by atoms with Crippen LogP contribution in [0.25, 0.3) is 11.1 Å². The van der Waals surface area contributed by atoms with Crippen molar-refractivity contribution in [2.45, 2.75) is 10.8 Å². The highest BCUT2D eigenvalue weighted by Crippen LogP contribution is 2.74. The second-order valence-corrected chi connectivity index (χ2v) is 13.2. The van der Waals surface area contributed by atoms with Crippen LogP contribution in [0.3, 0.4) is 0 Å². The summed E-state index contributed by atoms with van der Waals surface area (Å²) in [6, 6.07) is 37.1. The van der Waals surface area contributed by atoms with Gasteiger partial charge in [0.15, 0.2) is 5.78 Å². The molecule has 0 aromatic heterocycles. The number of aromatic carboxylic acids is 1. The maximum Gasteiger partial charge on any atom is 0.337 e. The zero-order chi connectivity index (χ0) is 35.7. The zero-order valence-electron chi connectivity index (χ0n) is 27.5. The van der Waals surface area contributed by atoms with E-state index in [4.69, 9.17) is 21.1 Å². The number of nitrogens with zero attached hydrogens (tertiary/aromatic N) is 1. The average molecular weight is 696 g/mol. The Morgan fingerprint density at radius 3 is 1.47 bits per heavy atom. The number of carboxylic acid groups (broad SMARTS) is 1. The number of Topliss-reactive ketones (excluding diaryl/α,β-unsaturated/α-hetero) is 1. The maximum atomic E-state index is 16.1. The van der Waals surface area contributed by atoms with Crippen molar-refractivity contribution in [3.05, 3.63) is 160 Å². The number of benzene rings is 5. The Bertz CT molecular complexity index is 2160. The van der Waals surface area contributed by atoms with Crippen LogP contribution in [0.2, 0.25) is 5.02 Å². The van der Waals surface area contributed by atoms with Gasteiger partial charge < -0.3 is 14.6 Å². The Kier molecular flexibility index (Phi) is 7.47. The lowest BCUT2D eigenvalue weighted by molar-refractivity contribution is -0.130. The molecule has 0 spiro atoms. The standard InChI is InChI=1S/C42H30ClNO7/c1-50-29-18-13-24(14-19-29)33-34(25-15-20-30(51-2)21-16-25)42(27-11-7-4-8-12-27)36-35(41(33,40(42)49)26-9-5-3-6-10-26)37(45)44(38(36)46)28-17-22-32(43)31(23-28)39(47)48/h3-23,35-36H,1-2H3,(H,47,48). The first-order valence-corrected chi connectivity index (χ1v) is 16.7. The second kappa shape index (κ2) is 11.8. The van der Waals surface area contributed by atoms with Crippen molar-refractivity contribution in [1.82, 2.24) is 0 Å². The molecule has 2 aliphatic carbocycles. The number of carbonyl (C=O) groups is 4. The molecule has 1 saturated carbocycles. The first kappa shape index (κ1) is 32.2. The smallest absolute Gasteiger partial charge is 0.337 e. The number of methoxy groups -OCH3 is 2. The van der Waals surface area contributed by atoms with E-state index in [9.17, 15) is 9.90 Å². The van der Waals surface area contributed by atoms with Gasteiger partial charge in [0.1, 0.15) is 11.5 Å². The van der Waals surface area contributed by atoms with Crippen LogP contribution in [-0.4, -0.2) is 42.9 Å². The third-order valence-electron chi connectivity index (χ3n) is 10.6. The van der Waals surface area contributed by atoms with Gasteiger partial charge in [0, 0.05) is 0 Å². The average Bonchev–Trinajstić information content (AvgIpc) is 3.68. The molecule has 3 aliphatic rings. The summed E-state index contributed by atoms with van der Waals surface area (Å²) in [5.74, 6) is -3.91. The van der Waals surface area contributed by atoms with Crippen molar-refractivity contribution < 1.29 is 33.8 Å². The number of halogens is 1. The van der Waals surface area contributed by atoms with Crippen molar-refractivity contribution in [1.29, 1.82) is 0 Å². The number of ether oxygens (including phenoxy) is 2. The van der Waals surface area contributed by atoms with Crippen molar-refractivity contribution in [3.63, 3.8) is 0 Å². The molecule has 1 aliphatic heterocycles. The predicted molar refractivity (Wildman–Crippen MR) is 192 cm³/mol. The summed E-state index contributed by atoms with van der Waals surface area (Å²) in [6.45, 7) is 0. The van der Waals surface area contributed by atoms with E-state index in [0.717, 1.165) is 4.90 Å². The monoisotopic (exact) mass is 695 g/mol. The van der Waals surface area contributed by atoms with Crippen LogP contribution in [0.1, 0.15) is 32.6 Å². The molecule has 2 fully saturated rings. The van der Waals surface area contributed by atoms with E-state index in [2.05, 4.69) is 0 Å².